The van der Waals surface area contributed by atoms with Crippen LogP contribution in [0, 0.1) is 6.92 Å². The molecule has 0 spiro atoms. The molecule has 2 N–H and O–H groups in total. The number of amides is 1. The largest absolute Gasteiger partial charge is 0.380 e. The summed E-state index contributed by atoms with van der Waals surface area (Å²) in [5, 5.41) is 13.5. The average molecular weight is 276 g/mol. The number of hydrogen-bond donors (Lipinski definition) is 2. The molecule has 5 heteroatoms. The van der Waals surface area contributed by atoms with Gasteiger partial charge in [0.2, 0.25) is 0 Å². The van der Waals surface area contributed by atoms with Crippen molar-refractivity contribution in [2.24, 2.45) is 0 Å². The van der Waals surface area contributed by atoms with Crippen molar-refractivity contribution in [3.8, 4) is 0 Å². The van der Waals surface area contributed by atoms with E-state index in [9.17, 15) is 9.90 Å². The summed E-state index contributed by atoms with van der Waals surface area (Å²) in [7, 11) is 0. The maximum atomic E-state index is 12.1. The minimum atomic E-state index is -1.20. The smallest absolute Gasteiger partial charge is 0.258 e. The quantitative estimate of drug-likeness (QED) is 0.886. The zero-order valence-electron chi connectivity index (χ0n) is 10.8. The number of benzene rings is 1. The van der Waals surface area contributed by atoms with Gasteiger partial charge >= 0.3 is 0 Å². The van der Waals surface area contributed by atoms with Crippen LogP contribution in [0.15, 0.2) is 18.2 Å². The van der Waals surface area contributed by atoms with Crippen LogP contribution in [0.2, 0.25) is 0 Å². The molecule has 3 rings (SSSR count). The number of aliphatic hydroxyl groups is 1. The molecule has 1 aromatic carbocycles. The molecule has 4 nitrogen and oxygen atoms in total. The summed E-state index contributed by atoms with van der Waals surface area (Å²) < 4.78 is 1.05. The van der Waals surface area contributed by atoms with Crippen molar-refractivity contribution in [1.29, 1.82) is 0 Å². The first-order valence-electron chi connectivity index (χ1n) is 6.48. The third-order valence-electron chi connectivity index (χ3n) is 3.62. The van der Waals surface area contributed by atoms with E-state index in [4.69, 9.17) is 0 Å². The molecule has 0 radical (unpaired) electrons. The Balaban J connectivity index is 1.83. The Morgan fingerprint density at radius 3 is 2.89 bits per heavy atom. The molecule has 2 aromatic rings. The molecule has 0 aliphatic heterocycles. The molecular weight excluding hydrogens is 260 g/mol. The fourth-order valence-corrected chi connectivity index (χ4v) is 3.44. The van der Waals surface area contributed by atoms with Crippen LogP contribution in [0.3, 0.4) is 0 Å². The zero-order valence-corrected chi connectivity index (χ0v) is 11.6. The van der Waals surface area contributed by atoms with Gasteiger partial charge in [0.1, 0.15) is 5.60 Å². The monoisotopic (exact) mass is 276 g/mol. The van der Waals surface area contributed by atoms with Crippen molar-refractivity contribution in [3.05, 3.63) is 23.8 Å². The van der Waals surface area contributed by atoms with E-state index in [0.29, 0.717) is 18.0 Å². The Labute approximate surface area is 115 Å². The highest BCUT2D eigenvalue weighted by Gasteiger charge is 2.39. The maximum absolute atomic E-state index is 12.1. The topological polar surface area (TPSA) is 62.2 Å². The van der Waals surface area contributed by atoms with Crippen molar-refractivity contribution >= 4 is 32.6 Å². The van der Waals surface area contributed by atoms with Crippen molar-refractivity contribution in [2.45, 2.75) is 38.2 Å². The van der Waals surface area contributed by atoms with Gasteiger partial charge < -0.3 is 5.11 Å². The van der Waals surface area contributed by atoms with Gasteiger partial charge in [0.15, 0.2) is 5.13 Å². The van der Waals surface area contributed by atoms with Gasteiger partial charge in [-0.15, -0.1) is 0 Å². The summed E-state index contributed by atoms with van der Waals surface area (Å²) in [5.41, 5.74) is 0.848. The summed E-state index contributed by atoms with van der Waals surface area (Å²) in [5.74, 6) is -0.319. The highest BCUT2D eigenvalue weighted by atomic mass is 32.1. The minimum absolute atomic E-state index is 0.319. The van der Waals surface area contributed by atoms with Gasteiger partial charge in [0.05, 0.1) is 10.2 Å². The molecule has 0 atom stereocenters. The molecular formula is C14H16N2O2S. The van der Waals surface area contributed by atoms with E-state index >= 15 is 0 Å². The molecule has 1 aliphatic rings. The Kier molecular flexibility index (Phi) is 3.03. The van der Waals surface area contributed by atoms with Gasteiger partial charge in [0.25, 0.3) is 5.91 Å². The number of fused-ring (bicyclic) bond motifs is 1. The fraction of sp³-hybridized carbons (Fsp3) is 0.429. The average Bonchev–Trinajstić information content (AvgIpc) is 2.95. The molecule has 0 unspecified atom stereocenters. The lowest BCUT2D eigenvalue weighted by Crippen LogP contribution is -2.40. The van der Waals surface area contributed by atoms with E-state index in [2.05, 4.69) is 10.3 Å². The zero-order chi connectivity index (χ0) is 13.5. The number of nitrogens with one attached hydrogen (secondary N) is 1. The number of carbonyl (C=O) groups excluding carboxylic acids is 1. The van der Waals surface area contributed by atoms with Gasteiger partial charge in [-0.1, -0.05) is 17.4 Å². The molecule has 19 heavy (non-hydrogen) atoms. The fourth-order valence-electron chi connectivity index (χ4n) is 2.49. The number of aromatic nitrogens is 1. The predicted octanol–water partition coefficient (Wildman–Crippen LogP) is 2.85. The van der Waals surface area contributed by atoms with Crippen LogP contribution in [0.1, 0.15) is 31.2 Å². The van der Waals surface area contributed by atoms with Crippen LogP contribution in [-0.4, -0.2) is 21.6 Å². The van der Waals surface area contributed by atoms with Crippen LogP contribution in [-0.2, 0) is 4.79 Å². The second kappa shape index (κ2) is 4.58. The van der Waals surface area contributed by atoms with Crippen LogP contribution in [0.4, 0.5) is 5.13 Å². The Morgan fingerprint density at radius 1 is 1.42 bits per heavy atom. The summed E-state index contributed by atoms with van der Waals surface area (Å²) in [4.78, 5) is 16.5. The Hall–Kier alpha value is -1.46. The number of carbonyl (C=O) groups is 1. The number of thiazole rings is 1. The van der Waals surface area contributed by atoms with Crippen LogP contribution in [0.25, 0.3) is 10.2 Å². The third kappa shape index (κ3) is 2.35. The van der Waals surface area contributed by atoms with Crippen LogP contribution >= 0.6 is 11.3 Å². The number of aryl methyl sites for hydroxylation is 1. The van der Waals surface area contributed by atoms with E-state index in [-0.39, 0.29) is 5.91 Å². The number of hydrogen-bond acceptors (Lipinski definition) is 4. The number of rotatable bonds is 2. The first kappa shape index (κ1) is 12.6. The maximum Gasteiger partial charge on any atom is 0.258 e. The van der Waals surface area contributed by atoms with Gasteiger partial charge in [-0.05, 0) is 50.3 Å². The first-order chi connectivity index (χ1) is 9.07. The second-order valence-electron chi connectivity index (χ2n) is 5.18. The molecule has 1 aromatic heterocycles. The summed E-state index contributed by atoms with van der Waals surface area (Å²) >= 11 is 1.44. The van der Waals surface area contributed by atoms with Crippen molar-refractivity contribution < 1.29 is 9.90 Å². The first-order valence-corrected chi connectivity index (χ1v) is 7.29. The highest BCUT2D eigenvalue weighted by molar-refractivity contribution is 7.22. The molecule has 1 amide bonds. The molecule has 100 valence electrons. The lowest BCUT2D eigenvalue weighted by atomic mass is 10.0. The Bertz CT molecular complexity index is 629. The lowest BCUT2D eigenvalue weighted by Gasteiger charge is -2.19. The van der Waals surface area contributed by atoms with Gasteiger partial charge in [-0.3, -0.25) is 10.1 Å². The second-order valence-corrected chi connectivity index (χ2v) is 6.21. The van der Waals surface area contributed by atoms with Gasteiger partial charge in [-0.25, -0.2) is 4.98 Å². The molecule has 1 aliphatic carbocycles. The van der Waals surface area contributed by atoms with E-state index in [1.54, 1.807) is 0 Å². The summed E-state index contributed by atoms with van der Waals surface area (Å²) in [6.07, 6.45) is 2.90. The lowest BCUT2D eigenvalue weighted by molar-refractivity contribution is -0.133. The minimum Gasteiger partial charge on any atom is -0.380 e. The third-order valence-corrected chi connectivity index (χ3v) is 4.55. The van der Waals surface area contributed by atoms with E-state index in [1.807, 2.05) is 25.1 Å². The molecule has 0 saturated heterocycles. The van der Waals surface area contributed by atoms with E-state index in [0.717, 1.165) is 23.1 Å². The highest BCUT2D eigenvalue weighted by Crippen LogP contribution is 2.32. The normalized spacial score (nSPS) is 17.8. The number of anilines is 1. The standard InChI is InChI=1S/C14H16N2O2S/c1-9-4-5-10-11(8-9)19-13(15-10)16-12(17)14(18)6-2-3-7-14/h4-5,8,18H,2-3,6-7H2,1H3,(H,15,16,17). The van der Waals surface area contributed by atoms with Gasteiger partial charge in [0, 0.05) is 0 Å². The van der Waals surface area contributed by atoms with Crippen molar-refractivity contribution in [1.82, 2.24) is 4.98 Å². The molecule has 1 fully saturated rings. The van der Waals surface area contributed by atoms with E-state index in [1.165, 1.54) is 16.9 Å². The van der Waals surface area contributed by atoms with E-state index < -0.39 is 5.60 Å². The van der Waals surface area contributed by atoms with Gasteiger partial charge in [-0.2, -0.15) is 0 Å². The van der Waals surface area contributed by atoms with Crippen molar-refractivity contribution in [3.63, 3.8) is 0 Å². The molecule has 0 bridgehead atoms. The summed E-state index contributed by atoms with van der Waals surface area (Å²) in [6.45, 7) is 2.03. The Morgan fingerprint density at radius 2 is 2.16 bits per heavy atom. The molecule has 1 heterocycles. The predicted molar refractivity (Wildman–Crippen MR) is 76.4 cm³/mol. The number of nitrogens with zero attached hydrogens (tertiary/aromatic N) is 1. The van der Waals surface area contributed by atoms with Crippen molar-refractivity contribution in [2.75, 3.05) is 5.32 Å². The summed E-state index contributed by atoms with van der Waals surface area (Å²) in [6, 6.07) is 5.99. The molecule has 1 saturated carbocycles. The SMILES string of the molecule is Cc1ccc2nc(NC(=O)C3(O)CCCC3)sc2c1. The van der Waals surface area contributed by atoms with Crippen LogP contribution in [0.5, 0.6) is 0 Å². The van der Waals surface area contributed by atoms with Crippen LogP contribution < -0.4 is 5.32 Å².